The summed E-state index contributed by atoms with van der Waals surface area (Å²) in [5.41, 5.74) is 1.04. The zero-order chi connectivity index (χ0) is 13.8. The van der Waals surface area contributed by atoms with Gasteiger partial charge in [0.1, 0.15) is 0 Å². The summed E-state index contributed by atoms with van der Waals surface area (Å²) in [7, 11) is 0. The second kappa shape index (κ2) is 6.89. The summed E-state index contributed by atoms with van der Waals surface area (Å²) in [4.78, 5) is 6.53. The zero-order valence-electron chi connectivity index (χ0n) is 11.5. The third-order valence-corrected chi connectivity index (χ3v) is 4.11. The summed E-state index contributed by atoms with van der Waals surface area (Å²) in [6.07, 6.45) is 4.44. The van der Waals surface area contributed by atoms with E-state index in [2.05, 4.69) is 29.0 Å². The van der Waals surface area contributed by atoms with Crippen LogP contribution in [0.1, 0.15) is 31.9 Å². The Kier molecular flexibility index (Phi) is 5.46. The second-order valence-corrected chi connectivity index (χ2v) is 6.26. The van der Waals surface area contributed by atoms with Crippen molar-refractivity contribution < 1.29 is 0 Å². The molecule has 19 heavy (non-hydrogen) atoms. The summed E-state index contributed by atoms with van der Waals surface area (Å²) in [5.74, 6) is 0.597. The Morgan fingerprint density at radius 1 is 1.21 bits per heavy atom. The Morgan fingerprint density at radius 2 is 1.79 bits per heavy atom. The lowest BCUT2D eigenvalue weighted by atomic mass is 9.95. The zero-order valence-corrected chi connectivity index (χ0v) is 13.0. The molecular weight excluding hydrogens is 281 g/mol. The lowest BCUT2D eigenvalue weighted by molar-refractivity contribution is 0.154. The Morgan fingerprint density at radius 3 is 2.32 bits per heavy atom. The number of halogens is 2. The normalized spacial score (nSPS) is 18.8. The van der Waals surface area contributed by atoms with Crippen LogP contribution in [0.3, 0.4) is 0 Å². The molecule has 0 saturated carbocycles. The van der Waals surface area contributed by atoms with Gasteiger partial charge in [0.15, 0.2) is 0 Å². The number of rotatable bonds is 4. The smallest absolute Gasteiger partial charge is 0.0652 e. The average Bonchev–Trinajstić information content (AvgIpc) is 2.38. The molecule has 106 valence electrons. The van der Waals surface area contributed by atoms with Gasteiger partial charge in [-0.05, 0) is 12.3 Å². The molecule has 0 radical (unpaired) electrons. The molecule has 2 heterocycles. The van der Waals surface area contributed by atoms with Crippen LogP contribution in [0.4, 0.5) is 0 Å². The summed E-state index contributed by atoms with van der Waals surface area (Å²) in [6, 6.07) is 0.282. The summed E-state index contributed by atoms with van der Waals surface area (Å²) in [5, 5.41) is 4.74. The van der Waals surface area contributed by atoms with Gasteiger partial charge < -0.3 is 5.32 Å². The quantitative estimate of drug-likeness (QED) is 0.924. The molecule has 0 bridgehead atoms. The summed E-state index contributed by atoms with van der Waals surface area (Å²) >= 11 is 12.7. The van der Waals surface area contributed by atoms with Crippen molar-refractivity contribution in [3.8, 4) is 0 Å². The highest BCUT2D eigenvalue weighted by atomic mass is 35.5. The van der Waals surface area contributed by atoms with Gasteiger partial charge in [-0.25, -0.2) is 0 Å². The topological polar surface area (TPSA) is 28.2 Å². The largest absolute Gasteiger partial charge is 0.314 e. The molecule has 0 aromatic carbocycles. The van der Waals surface area contributed by atoms with Crippen LogP contribution in [0.15, 0.2) is 12.4 Å². The van der Waals surface area contributed by atoms with E-state index in [0.29, 0.717) is 16.0 Å². The van der Waals surface area contributed by atoms with Crippen molar-refractivity contribution in [3.05, 3.63) is 28.0 Å². The van der Waals surface area contributed by atoms with E-state index in [9.17, 15) is 0 Å². The predicted octanol–water partition coefficient (Wildman–Crippen LogP) is 3.38. The molecule has 5 heteroatoms. The molecular formula is C14H21Cl2N3. The van der Waals surface area contributed by atoms with Crippen LogP contribution in [0.5, 0.6) is 0 Å². The third kappa shape index (κ3) is 3.82. The molecule has 0 aliphatic carbocycles. The fourth-order valence-electron chi connectivity index (χ4n) is 2.63. The van der Waals surface area contributed by atoms with Crippen LogP contribution in [-0.4, -0.2) is 36.1 Å². The molecule has 0 amide bonds. The van der Waals surface area contributed by atoms with E-state index < -0.39 is 0 Å². The van der Waals surface area contributed by atoms with Crippen LogP contribution >= 0.6 is 23.2 Å². The molecule has 1 aliphatic heterocycles. The fourth-order valence-corrected chi connectivity index (χ4v) is 3.25. The second-order valence-electron chi connectivity index (χ2n) is 5.45. The van der Waals surface area contributed by atoms with E-state index in [-0.39, 0.29) is 6.04 Å². The van der Waals surface area contributed by atoms with Gasteiger partial charge in [0.05, 0.1) is 10.0 Å². The highest BCUT2D eigenvalue weighted by Gasteiger charge is 2.26. The van der Waals surface area contributed by atoms with Crippen LogP contribution in [0, 0.1) is 5.92 Å². The van der Waals surface area contributed by atoms with Gasteiger partial charge in [0.25, 0.3) is 0 Å². The highest BCUT2D eigenvalue weighted by molar-refractivity contribution is 6.35. The first kappa shape index (κ1) is 15.0. The summed E-state index contributed by atoms with van der Waals surface area (Å²) in [6.45, 7) is 8.58. The number of hydrogen-bond acceptors (Lipinski definition) is 3. The first-order valence-corrected chi connectivity index (χ1v) is 7.59. The molecule has 1 N–H and O–H groups in total. The minimum absolute atomic E-state index is 0.282. The van der Waals surface area contributed by atoms with E-state index >= 15 is 0 Å². The van der Waals surface area contributed by atoms with Crippen molar-refractivity contribution in [2.75, 3.05) is 26.2 Å². The van der Waals surface area contributed by atoms with Crippen LogP contribution in [-0.2, 0) is 0 Å². The number of nitrogens with zero attached hydrogens (tertiary/aromatic N) is 2. The van der Waals surface area contributed by atoms with Gasteiger partial charge in [0, 0.05) is 50.2 Å². The van der Waals surface area contributed by atoms with E-state index in [1.165, 1.54) is 0 Å². The maximum absolute atomic E-state index is 6.34. The van der Waals surface area contributed by atoms with Crippen molar-refractivity contribution in [2.24, 2.45) is 5.92 Å². The van der Waals surface area contributed by atoms with E-state index in [1.54, 1.807) is 12.4 Å². The standard InChI is InChI=1S/C14H21Cl2N3/c1-10(2)7-13(19-5-3-17-4-6-19)14-11(15)8-18-9-12(14)16/h8-10,13,17H,3-7H2,1-2H3/t13-/m1/s1. The van der Waals surface area contributed by atoms with Gasteiger partial charge in [-0.15, -0.1) is 0 Å². The van der Waals surface area contributed by atoms with Crippen molar-refractivity contribution in [1.29, 1.82) is 0 Å². The maximum Gasteiger partial charge on any atom is 0.0652 e. The summed E-state index contributed by atoms with van der Waals surface area (Å²) < 4.78 is 0. The minimum Gasteiger partial charge on any atom is -0.314 e. The molecule has 1 atom stereocenters. The van der Waals surface area contributed by atoms with E-state index in [1.807, 2.05) is 0 Å². The van der Waals surface area contributed by atoms with Crippen molar-refractivity contribution >= 4 is 23.2 Å². The fraction of sp³-hybridized carbons (Fsp3) is 0.643. The van der Waals surface area contributed by atoms with Gasteiger partial charge in [-0.1, -0.05) is 37.0 Å². The minimum atomic E-state index is 0.282. The van der Waals surface area contributed by atoms with Crippen molar-refractivity contribution in [3.63, 3.8) is 0 Å². The first-order chi connectivity index (χ1) is 9.09. The Balaban J connectivity index is 2.30. The molecule has 0 unspecified atom stereocenters. The van der Waals surface area contributed by atoms with E-state index in [0.717, 1.165) is 38.2 Å². The molecule has 2 rings (SSSR count). The molecule has 1 saturated heterocycles. The van der Waals surface area contributed by atoms with E-state index in [4.69, 9.17) is 23.2 Å². The third-order valence-electron chi connectivity index (χ3n) is 3.51. The number of piperazine rings is 1. The van der Waals surface area contributed by atoms with Gasteiger partial charge in [-0.3, -0.25) is 9.88 Å². The van der Waals surface area contributed by atoms with Crippen LogP contribution in [0.25, 0.3) is 0 Å². The van der Waals surface area contributed by atoms with Crippen molar-refractivity contribution in [2.45, 2.75) is 26.3 Å². The lowest BCUT2D eigenvalue weighted by Gasteiger charge is -2.36. The average molecular weight is 302 g/mol. The number of hydrogen-bond donors (Lipinski definition) is 1. The predicted molar refractivity (Wildman–Crippen MR) is 80.9 cm³/mol. The number of pyridine rings is 1. The SMILES string of the molecule is CC(C)C[C@H](c1c(Cl)cncc1Cl)N1CCNCC1. The lowest BCUT2D eigenvalue weighted by Crippen LogP contribution is -2.45. The molecule has 1 fully saturated rings. The Hall–Kier alpha value is -0.350. The Labute approximate surface area is 125 Å². The number of nitrogens with one attached hydrogen (secondary N) is 1. The van der Waals surface area contributed by atoms with Crippen LogP contribution < -0.4 is 5.32 Å². The van der Waals surface area contributed by atoms with Gasteiger partial charge >= 0.3 is 0 Å². The molecule has 1 aromatic rings. The number of aromatic nitrogens is 1. The first-order valence-electron chi connectivity index (χ1n) is 6.83. The molecule has 3 nitrogen and oxygen atoms in total. The highest BCUT2D eigenvalue weighted by Crippen LogP contribution is 2.36. The molecule has 0 spiro atoms. The van der Waals surface area contributed by atoms with Gasteiger partial charge in [0.2, 0.25) is 0 Å². The molecule has 1 aromatic heterocycles. The molecule has 1 aliphatic rings. The maximum atomic E-state index is 6.34. The van der Waals surface area contributed by atoms with Crippen molar-refractivity contribution in [1.82, 2.24) is 15.2 Å². The van der Waals surface area contributed by atoms with Gasteiger partial charge in [-0.2, -0.15) is 0 Å². The monoisotopic (exact) mass is 301 g/mol. The Bertz CT molecular complexity index is 397. The van der Waals surface area contributed by atoms with Crippen LogP contribution in [0.2, 0.25) is 10.0 Å².